The number of aliphatic carboxylic acids is 1. The normalized spacial score (nSPS) is 18.4. The average molecular weight is 327 g/mol. The van der Waals surface area contributed by atoms with E-state index in [1.165, 1.54) is 4.90 Å². The summed E-state index contributed by atoms with van der Waals surface area (Å²) in [5.74, 6) is -0.945. The Morgan fingerprint density at radius 3 is 2.84 bits per heavy atom. The SMILES string of the molecule is Cc1cc(NC(=O)N2CCC[C@@H]2C(=O)O)ccc1Br. The van der Waals surface area contributed by atoms with Crippen molar-refractivity contribution in [1.29, 1.82) is 0 Å². The van der Waals surface area contributed by atoms with Crippen LogP contribution in [0.3, 0.4) is 0 Å². The van der Waals surface area contributed by atoms with Gasteiger partial charge in [0, 0.05) is 16.7 Å². The quantitative estimate of drug-likeness (QED) is 0.877. The van der Waals surface area contributed by atoms with Crippen LogP contribution in [-0.2, 0) is 4.79 Å². The fourth-order valence-electron chi connectivity index (χ4n) is 2.18. The zero-order chi connectivity index (χ0) is 14.0. The zero-order valence-electron chi connectivity index (χ0n) is 10.5. The van der Waals surface area contributed by atoms with Crippen molar-refractivity contribution in [2.24, 2.45) is 0 Å². The number of urea groups is 1. The van der Waals surface area contributed by atoms with Gasteiger partial charge < -0.3 is 15.3 Å². The maximum Gasteiger partial charge on any atom is 0.326 e. The minimum atomic E-state index is -0.945. The number of hydrogen-bond donors (Lipinski definition) is 2. The van der Waals surface area contributed by atoms with Crippen LogP contribution in [0.5, 0.6) is 0 Å². The summed E-state index contributed by atoms with van der Waals surface area (Å²) in [6.45, 7) is 2.41. The standard InChI is InChI=1S/C13H15BrN2O3/c1-8-7-9(4-5-10(8)14)15-13(19)16-6-2-3-11(16)12(17)18/h4-5,7,11H,2-3,6H2,1H3,(H,15,19)(H,17,18)/t11-/m1/s1. The second-order valence-electron chi connectivity index (χ2n) is 4.58. The first-order valence-corrected chi connectivity index (χ1v) is 6.85. The van der Waals surface area contributed by atoms with E-state index in [0.29, 0.717) is 18.7 Å². The molecule has 1 aliphatic rings. The summed E-state index contributed by atoms with van der Waals surface area (Å²) in [6.07, 6.45) is 1.24. The Hall–Kier alpha value is -1.56. The zero-order valence-corrected chi connectivity index (χ0v) is 12.1. The molecule has 0 aliphatic carbocycles. The summed E-state index contributed by atoms with van der Waals surface area (Å²) in [5, 5.41) is 11.8. The summed E-state index contributed by atoms with van der Waals surface area (Å²) in [4.78, 5) is 24.5. The highest BCUT2D eigenvalue weighted by molar-refractivity contribution is 9.10. The van der Waals surface area contributed by atoms with E-state index in [-0.39, 0.29) is 6.03 Å². The molecule has 102 valence electrons. The van der Waals surface area contributed by atoms with Gasteiger partial charge in [-0.2, -0.15) is 0 Å². The van der Waals surface area contributed by atoms with Crippen molar-refractivity contribution in [3.05, 3.63) is 28.2 Å². The van der Waals surface area contributed by atoms with Crippen LogP contribution in [0.25, 0.3) is 0 Å². The predicted octanol–water partition coefficient (Wildman–Crippen LogP) is 2.84. The fourth-order valence-corrected chi connectivity index (χ4v) is 2.43. The third kappa shape index (κ3) is 3.07. The van der Waals surface area contributed by atoms with Crippen molar-refractivity contribution in [1.82, 2.24) is 4.90 Å². The Morgan fingerprint density at radius 1 is 1.47 bits per heavy atom. The minimum Gasteiger partial charge on any atom is -0.480 e. The van der Waals surface area contributed by atoms with Crippen LogP contribution in [0, 0.1) is 6.92 Å². The van der Waals surface area contributed by atoms with Crippen molar-refractivity contribution in [3.8, 4) is 0 Å². The third-order valence-electron chi connectivity index (χ3n) is 3.21. The molecular formula is C13H15BrN2O3. The maximum atomic E-state index is 12.1. The molecule has 1 heterocycles. The number of carbonyl (C=O) groups excluding carboxylic acids is 1. The number of amides is 2. The van der Waals surface area contributed by atoms with Gasteiger partial charge in [0.05, 0.1) is 0 Å². The molecule has 0 saturated carbocycles. The van der Waals surface area contributed by atoms with Crippen LogP contribution >= 0.6 is 15.9 Å². The van der Waals surface area contributed by atoms with Crippen LogP contribution in [0.4, 0.5) is 10.5 Å². The van der Waals surface area contributed by atoms with E-state index in [1.54, 1.807) is 6.07 Å². The summed E-state index contributed by atoms with van der Waals surface area (Å²) < 4.78 is 0.968. The molecule has 0 bridgehead atoms. The number of nitrogens with zero attached hydrogens (tertiary/aromatic N) is 1. The average Bonchev–Trinajstić information content (AvgIpc) is 2.83. The summed E-state index contributed by atoms with van der Waals surface area (Å²) in [5.41, 5.74) is 1.68. The molecular weight excluding hydrogens is 312 g/mol. The van der Waals surface area contributed by atoms with Crippen molar-refractivity contribution in [3.63, 3.8) is 0 Å². The number of halogens is 1. The molecule has 1 fully saturated rings. The molecule has 2 N–H and O–H groups in total. The lowest BCUT2D eigenvalue weighted by Crippen LogP contribution is -2.42. The number of carboxylic acid groups (broad SMARTS) is 1. The smallest absolute Gasteiger partial charge is 0.326 e. The lowest BCUT2D eigenvalue weighted by atomic mass is 10.2. The van der Waals surface area contributed by atoms with Crippen LogP contribution in [0.15, 0.2) is 22.7 Å². The summed E-state index contributed by atoms with van der Waals surface area (Å²) in [7, 11) is 0. The van der Waals surface area contributed by atoms with E-state index in [0.717, 1.165) is 16.5 Å². The molecule has 1 aromatic carbocycles. The molecule has 6 heteroatoms. The number of carbonyl (C=O) groups is 2. The van der Waals surface area contributed by atoms with Crippen LogP contribution in [-0.4, -0.2) is 34.6 Å². The topological polar surface area (TPSA) is 69.6 Å². The van der Waals surface area contributed by atoms with Gasteiger partial charge in [0.1, 0.15) is 6.04 Å². The number of likely N-dealkylation sites (tertiary alicyclic amines) is 1. The molecule has 5 nitrogen and oxygen atoms in total. The van der Waals surface area contributed by atoms with Gasteiger partial charge in [0.15, 0.2) is 0 Å². The third-order valence-corrected chi connectivity index (χ3v) is 4.10. The molecule has 0 spiro atoms. The second kappa shape index (κ2) is 5.61. The van der Waals surface area contributed by atoms with Gasteiger partial charge in [-0.1, -0.05) is 15.9 Å². The Kier molecular flexibility index (Phi) is 4.09. The summed E-state index contributed by atoms with van der Waals surface area (Å²) in [6, 6.07) is 4.40. The second-order valence-corrected chi connectivity index (χ2v) is 5.44. The highest BCUT2D eigenvalue weighted by Crippen LogP contribution is 2.22. The van der Waals surface area contributed by atoms with Gasteiger partial charge in [-0.15, -0.1) is 0 Å². The summed E-state index contributed by atoms with van der Waals surface area (Å²) >= 11 is 3.39. The van der Waals surface area contributed by atoms with Crippen molar-refractivity contribution in [2.75, 3.05) is 11.9 Å². The number of anilines is 1. The van der Waals surface area contributed by atoms with E-state index >= 15 is 0 Å². The number of nitrogens with one attached hydrogen (secondary N) is 1. The van der Waals surface area contributed by atoms with E-state index < -0.39 is 12.0 Å². The van der Waals surface area contributed by atoms with E-state index in [1.807, 2.05) is 19.1 Å². The molecule has 1 saturated heterocycles. The molecule has 1 aromatic rings. The van der Waals surface area contributed by atoms with Crippen molar-refractivity contribution < 1.29 is 14.7 Å². The molecule has 2 rings (SSSR count). The number of aryl methyl sites for hydroxylation is 1. The predicted molar refractivity (Wildman–Crippen MR) is 75.3 cm³/mol. The van der Waals surface area contributed by atoms with Gasteiger partial charge in [-0.25, -0.2) is 9.59 Å². The highest BCUT2D eigenvalue weighted by Gasteiger charge is 2.33. The fraction of sp³-hybridized carbons (Fsp3) is 0.385. The minimum absolute atomic E-state index is 0.355. The molecule has 1 aliphatic heterocycles. The first-order valence-electron chi connectivity index (χ1n) is 6.05. The maximum absolute atomic E-state index is 12.1. The molecule has 0 unspecified atom stereocenters. The molecule has 19 heavy (non-hydrogen) atoms. The van der Waals surface area contributed by atoms with Gasteiger partial charge in [-0.05, 0) is 43.5 Å². The van der Waals surface area contributed by atoms with Gasteiger partial charge in [0.25, 0.3) is 0 Å². The van der Waals surface area contributed by atoms with E-state index in [2.05, 4.69) is 21.2 Å². The Balaban J connectivity index is 2.08. The van der Waals surface area contributed by atoms with Gasteiger partial charge in [0.2, 0.25) is 0 Å². The molecule has 0 radical (unpaired) electrons. The van der Waals surface area contributed by atoms with Crippen molar-refractivity contribution in [2.45, 2.75) is 25.8 Å². The Bertz CT molecular complexity index is 519. The number of carboxylic acids is 1. The lowest BCUT2D eigenvalue weighted by Gasteiger charge is -2.22. The number of hydrogen-bond acceptors (Lipinski definition) is 2. The Morgan fingerprint density at radius 2 is 2.21 bits per heavy atom. The highest BCUT2D eigenvalue weighted by atomic mass is 79.9. The van der Waals surface area contributed by atoms with Crippen molar-refractivity contribution >= 4 is 33.6 Å². The van der Waals surface area contributed by atoms with E-state index in [4.69, 9.17) is 5.11 Å². The van der Waals surface area contributed by atoms with Crippen LogP contribution in [0.2, 0.25) is 0 Å². The molecule has 2 amide bonds. The molecule has 0 aromatic heterocycles. The van der Waals surface area contributed by atoms with Gasteiger partial charge in [-0.3, -0.25) is 0 Å². The molecule has 1 atom stereocenters. The number of benzene rings is 1. The van der Waals surface area contributed by atoms with Crippen LogP contribution in [0.1, 0.15) is 18.4 Å². The van der Waals surface area contributed by atoms with E-state index in [9.17, 15) is 9.59 Å². The van der Waals surface area contributed by atoms with Gasteiger partial charge >= 0.3 is 12.0 Å². The Labute approximate surface area is 119 Å². The first kappa shape index (κ1) is 13.9. The largest absolute Gasteiger partial charge is 0.480 e. The lowest BCUT2D eigenvalue weighted by molar-refractivity contribution is -0.141. The van der Waals surface area contributed by atoms with Crippen LogP contribution < -0.4 is 5.32 Å². The number of rotatable bonds is 2. The first-order chi connectivity index (χ1) is 8.99. The monoisotopic (exact) mass is 326 g/mol.